The van der Waals surface area contributed by atoms with Gasteiger partial charge in [0.25, 0.3) is 5.56 Å². The first-order valence-electron chi connectivity index (χ1n) is 24.2. The van der Waals surface area contributed by atoms with Gasteiger partial charge in [0, 0.05) is 6.04 Å². The Labute approximate surface area is 469 Å². The van der Waals surface area contributed by atoms with Gasteiger partial charge < -0.3 is 91.4 Å². The number of anilines is 10. The Bertz CT molecular complexity index is 4490. The fourth-order valence-electron chi connectivity index (χ4n) is 7.23. The van der Waals surface area contributed by atoms with Gasteiger partial charge in [-0.1, -0.05) is 11.6 Å². The molecule has 0 radical (unpaired) electrons. The van der Waals surface area contributed by atoms with Crippen LogP contribution in [0.4, 0.5) is 59.0 Å². The lowest BCUT2D eigenvalue weighted by atomic mass is 10.3. The molecule has 0 aliphatic heterocycles. The van der Waals surface area contributed by atoms with Gasteiger partial charge in [-0.25, -0.2) is 54.7 Å². The minimum absolute atomic E-state index is 0.0783. The lowest BCUT2D eigenvalue weighted by Crippen LogP contribution is -2.27. The number of hydrogen-bond donors (Lipinski definition) is 19. The Morgan fingerprint density at radius 3 is 1.58 bits per heavy atom. The van der Waals surface area contributed by atoms with Crippen molar-refractivity contribution < 1.29 is 10.1 Å². The van der Waals surface area contributed by atoms with Crippen molar-refractivity contribution in [2.24, 2.45) is 0 Å². The van der Waals surface area contributed by atoms with Crippen LogP contribution >= 0.6 is 11.6 Å². The van der Waals surface area contributed by atoms with Gasteiger partial charge in [-0.3, -0.25) is 15.0 Å². The summed E-state index contributed by atoms with van der Waals surface area (Å²) in [6.07, 6.45) is 17.8. The quantitative estimate of drug-likeness (QED) is 0.0595. The SMILES string of the molecule is Nc1nc(Cl)c2[nH]cnc2n1.Nc1nc(N)c2[nH]cnc2n1.Nc1nc(NC2(COO)CC2)c2[nH]cnc2n1.Nc1nc(NC2CC2)c2[nH]cnc2n1.Nc1nc2nc[nH]c2c(=O)[nH]1.Nc1ncc2[nH]cnc2n1.Nc1ncnc2nc[nH]c12. The maximum absolute atomic E-state index is 11.0. The average molecular weight is 1170 g/mol. The van der Waals surface area contributed by atoms with E-state index in [4.69, 9.17) is 62.7 Å². The molecule has 84 heavy (non-hydrogen) atoms. The smallest absolute Gasteiger partial charge is 0.278 e. The zero-order valence-electron chi connectivity index (χ0n) is 43.0. The number of nitrogens with zero attached hydrogens (tertiary/aromatic N) is 20. The molecule has 14 heterocycles. The van der Waals surface area contributed by atoms with Gasteiger partial charge in [0.2, 0.25) is 35.7 Å². The second-order valence-electron chi connectivity index (χ2n) is 17.5. The molecule has 41 nitrogen and oxygen atoms in total. The van der Waals surface area contributed by atoms with E-state index in [9.17, 15) is 4.79 Å². The first-order chi connectivity index (χ1) is 40.6. The third-order valence-electron chi connectivity index (χ3n) is 11.5. The van der Waals surface area contributed by atoms with Crippen LogP contribution in [0.3, 0.4) is 0 Å². The Balaban J connectivity index is 0.000000110. The van der Waals surface area contributed by atoms with Crippen molar-refractivity contribution in [3.63, 3.8) is 0 Å². The van der Waals surface area contributed by atoms with Crippen LogP contribution in [0.2, 0.25) is 5.15 Å². The van der Waals surface area contributed by atoms with Crippen LogP contribution in [0.1, 0.15) is 25.7 Å². The number of nitrogens with two attached hydrogens (primary N) is 8. The zero-order valence-corrected chi connectivity index (χ0v) is 43.8. The number of aromatic amines is 8. The molecule has 16 rings (SSSR count). The van der Waals surface area contributed by atoms with Gasteiger partial charge in [-0.05, 0) is 25.7 Å². The van der Waals surface area contributed by atoms with Crippen molar-refractivity contribution in [2.45, 2.75) is 37.3 Å². The highest BCUT2D eigenvalue weighted by Crippen LogP contribution is 2.39. The molecular weight excluding hydrogens is 1120 g/mol. The number of aromatic nitrogens is 28. The molecule has 2 aliphatic rings. The van der Waals surface area contributed by atoms with Gasteiger partial charge in [-0.15, -0.1) is 0 Å². The fraction of sp³-hybridized carbons (Fsp3) is 0.167. The molecule has 0 bridgehead atoms. The number of nitrogens with one attached hydrogen (secondary N) is 10. The summed E-state index contributed by atoms with van der Waals surface area (Å²) in [6.45, 7) is 0.215. The summed E-state index contributed by atoms with van der Waals surface area (Å²) >= 11 is 5.70. The highest BCUT2D eigenvalue weighted by atomic mass is 35.5. The number of halogens is 1. The molecule has 14 aromatic heterocycles. The molecular formula is C42H47ClN38O3. The number of H-pyrrole nitrogens is 8. The maximum atomic E-state index is 11.0. The summed E-state index contributed by atoms with van der Waals surface area (Å²) in [7, 11) is 0. The van der Waals surface area contributed by atoms with Gasteiger partial charge in [0.1, 0.15) is 46.0 Å². The van der Waals surface area contributed by atoms with E-state index in [2.05, 4.69) is 155 Å². The molecule has 0 saturated heterocycles. The second kappa shape index (κ2) is 24.1. The van der Waals surface area contributed by atoms with Crippen molar-refractivity contribution in [3.05, 3.63) is 72.3 Å². The van der Waals surface area contributed by atoms with Crippen molar-refractivity contribution in [2.75, 3.05) is 63.1 Å². The molecule has 430 valence electrons. The first kappa shape index (κ1) is 55.2. The number of nitrogen functional groups attached to an aromatic ring is 8. The highest BCUT2D eigenvalue weighted by Gasteiger charge is 2.44. The summed E-state index contributed by atoms with van der Waals surface area (Å²) < 4.78 is 0. The minimum Gasteiger partial charge on any atom is -0.382 e. The standard InChI is InChI=1S/C9H12N6O2.C8H10N6.C5H4ClN5.C5H6N6.C5H5N5O.2C5H5N5/c10-8-13-6-5(11-4-12-6)7(14-8)15-9(1-2-9)3-17-16;9-8-13-6-5(10-3-11-6)7(14-8)12-4-1-2-4;2*6-3-2-4(9-1-8-2)11-5(7)10-3;6-5-9-3-2(4(11)10-5)7-1-8-3;6-4-3-5(9-1-7-3)10-2-8-4;6-5-7-1-3-4(10-5)9-2-8-3/h4,16H,1-3H2,(H4,10,11,12,13,14,15);3-4H,1-2H2,(H4,9,10,11,12,13,14);1H,(H3,7,8,9,10,11);1H,(H5,6,7,8,9,10,11);1H,(H4,6,7,8,9,10,11);2*1-2H,(H3,6,7,8,9,10). The lowest BCUT2D eigenvalue weighted by Gasteiger charge is -2.16. The molecule has 0 amide bonds. The summed E-state index contributed by atoms with van der Waals surface area (Å²) in [5, 5.41) is 15.3. The van der Waals surface area contributed by atoms with E-state index in [1.54, 1.807) is 18.9 Å². The van der Waals surface area contributed by atoms with Crippen LogP contribution in [-0.4, -0.2) is 163 Å². The van der Waals surface area contributed by atoms with E-state index in [1.807, 2.05) is 0 Å². The van der Waals surface area contributed by atoms with Crippen LogP contribution in [0, 0.1) is 0 Å². The molecule has 2 fully saturated rings. The van der Waals surface area contributed by atoms with E-state index in [0.29, 0.717) is 95.8 Å². The van der Waals surface area contributed by atoms with E-state index < -0.39 is 0 Å². The molecule has 42 heteroatoms. The monoisotopic (exact) mass is 1170 g/mol. The molecule has 0 spiro atoms. The second-order valence-corrected chi connectivity index (χ2v) is 17.8. The largest absolute Gasteiger partial charge is 0.382 e. The average Bonchev–Trinajstić information content (AvgIpc) is 3.46. The molecule has 27 N–H and O–H groups in total. The molecule has 2 saturated carbocycles. The topological polar surface area (TPSA) is 663 Å². The Morgan fingerprint density at radius 2 is 0.976 bits per heavy atom. The van der Waals surface area contributed by atoms with Gasteiger partial charge in [0.05, 0.1) is 56.0 Å². The number of fused-ring (bicyclic) bond motifs is 7. The predicted octanol–water partition coefficient (Wildman–Crippen LogP) is 0.0830. The molecule has 0 atom stereocenters. The summed E-state index contributed by atoms with van der Waals surface area (Å²) in [6, 6.07) is 0.538. The van der Waals surface area contributed by atoms with Crippen molar-refractivity contribution in [1.82, 2.24) is 140 Å². The van der Waals surface area contributed by atoms with Crippen LogP contribution in [0.5, 0.6) is 0 Å². The first-order valence-corrected chi connectivity index (χ1v) is 24.6. The fourth-order valence-corrected chi connectivity index (χ4v) is 7.45. The van der Waals surface area contributed by atoms with Crippen LogP contribution in [0.15, 0.2) is 61.6 Å². The van der Waals surface area contributed by atoms with Crippen molar-refractivity contribution in [3.8, 4) is 0 Å². The molecule has 0 aromatic carbocycles. The van der Waals surface area contributed by atoms with Crippen LogP contribution in [-0.2, 0) is 4.89 Å². The maximum Gasteiger partial charge on any atom is 0.278 e. The van der Waals surface area contributed by atoms with E-state index in [0.717, 1.165) is 29.7 Å². The van der Waals surface area contributed by atoms with Crippen molar-refractivity contribution >= 4 is 149 Å². The zero-order chi connectivity index (χ0) is 58.9. The predicted molar refractivity (Wildman–Crippen MR) is 306 cm³/mol. The summed E-state index contributed by atoms with van der Waals surface area (Å²) in [5.74, 6) is 3.12. The Hall–Kier alpha value is -12.1. The summed E-state index contributed by atoms with van der Waals surface area (Å²) in [5.41, 5.74) is 51.1. The van der Waals surface area contributed by atoms with Gasteiger partial charge in [-0.2, -0.15) is 49.8 Å². The lowest BCUT2D eigenvalue weighted by molar-refractivity contribution is -0.245. The van der Waals surface area contributed by atoms with E-state index >= 15 is 0 Å². The van der Waals surface area contributed by atoms with Crippen LogP contribution in [0.25, 0.3) is 78.1 Å². The minimum atomic E-state index is -0.301. The molecule has 14 aromatic rings. The van der Waals surface area contributed by atoms with E-state index in [1.165, 1.54) is 50.8 Å². The molecule has 0 unspecified atom stereocenters. The Kier molecular flexibility index (Phi) is 15.8. The normalized spacial score (nSPS) is 12.8. The van der Waals surface area contributed by atoms with Crippen molar-refractivity contribution in [1.29, 1.82) is 0 Å². The third kappa shape index (κ3) is 13.3. The number of imidazole rings is 7. The van der Waals surface area contributed by atoms with E-state index in [-0.39, 0.29) is 53.4 Å². The van der Waals surface area contributed by atoms with Gasteiger partial charge in [0.15, 0.2) is 73.5 Å². The molecule has 2 aliphatic carbocycles. The van der Waals surface area contributed by atoms with Gasteiger partial charge >= 0.3 is 0 Å². The number of hydrogen-bond acceptors (Lipinski definition) is 33. The Morgan fingerprint density at radius 1 is 0.500 bits per heavy atom. The highest BCUT2D eigenvalue weighted by molar-refractivity contribution is 6.33. The third-order valence-corrected chi connectivity index (χ3v) is 11.7. The number of rotatable bonds is 6. The summed E-state index contributed by atoms with van der Waals surface area (Å²) in [4.78, 5) is 115. The van der Waals surface area contributed by atoms with Crippen LogP contribution < -0.4 is 62.1 Å².